The van der Waals surface area contributed by atoms with Crippen molar-refractivity contribution in [3.8, 4) is 0 Å². The van der Waals surface area contributed by atoms with Crippen molar-refractivity contribution >= 4 is 23.3 Å². The average molecular weight is 277 g/mol. The van der Waals surface area contributed by atoms with Gasteiger partial charge in [0.25, 0.3) is 0 Å². The second-order valence-corrected chi connectivity index (χ2v) is 4.24. The predicted molar refractivity (Wildman–Crippen MR) is 73.9 cm³/mol. The van der Waals surface area contributed by atoms with Crippen molar-refractivity contribution in [2.45, 2.75) is 5.92 Å². The summed E-state index contributed by atoms with van der Waals surface area (Å²) in [7, 11) is 0. The summed E-state index contributed by atoms with van der Waals surface area (Å²) >= 11 is 5.66. The molecule has 3 N–H and O–H groups in total. The fourth-order valence-corrected chi connectivity index (χ4v) is 1.85. The zero-order chi connectivity index (χ0) is 13.7. The first-order chi connectivity index (χ1) is 9.20. The summed E-state index contributed by atoms with van der Waals surface area (Å²) < 4.78 is 0. The molecule has 2 aromatic rings. The van der Waals surface area contributed by atoms with Gasteiger partial charge < -0.3 is 11.1 Å². The monoisotopic (exact) mass is 276 g/mol. The third-order valence-electron chi connectivity index (χ3n) is 2.63. The van der Waals surface area contributed by atoms with Crippen LogP contribution in [0.25, 0.3) is 0 Å². The lowest BCUT2D eigenvalue weighted by atomic mass is 9.98. The van der Waals surface area contributed by atoms with Gasteiger partial charge in [0, 0.05) is 12.7 Å². The summed E-state index contributed by atoms with van der Waals surface area (Å²) in [6.45, 7) is 0.217. The van der Waals surface area contributed by atoms with E-state index in [1.54, 1.807) is 6.07 Å². The van der Waals surface area contributed by atoms with Crippen molar-refractivity contribution in [2.75, 3.05) is 11.9 Å². The third-order valence-corrected chi connectivity index (χ3v) is 2.81. The van der Waals surface area contributed by atoms with Crippen LogP contribution in [0.15, 0.2) is 42.6 Å². The fourth-order valence-electron chi connectivity index (χ4n) is 1.70. The van der Waals surface area contributed by atoms with Crippen molar-refractivity contribution in [1.82, 2.24) is 9.97 Å². The Kier molecular flexibility index (Phi) is 4.43. The molecule has 2 rings (SSSR count). The normalized spacial score (nSPS) is 11.9. The second kappa shape index (κ2) is 6.26. The number of halogens is 1. The number of hydrogen-bond donors (Lipinski definition) is 2. The molecule has 5 nitrogen and oxygen atoms in total. The van der Waals surface area contributed by atoms with Gasteiger partial charge >= 0.3 is 0 Å². The van der Waals surface area contributed by atoms with Crippen LogP contribution in [0.4, 0.5) is 5.82 Å². The van der Waals surface area contributed by atoms with Crippen LogP contribution < -0.4 is 11.1 Å². The van der Waals surface area contributed by atoms with Crippen molar-refractivity contribution in [3.05, 3.63) is 53.4 Å². The Morgan fingerprint density at radius 2 is 2.05 bits per heavy atom. The van der Waals surface area contributed by atoms with Gasteiger partial charge in [-0.25, -0.2) is 9.97 Å². The minimum absolute atomic E-state index is 0.0850. The summed E-state index contributed by atoms with van der Waals surface area (Å²) in [6, 6.07) is 10.9. The van der Waals surface area contributed by atoms with Crippen LogP contribution in [0, 0.1) is 0 Å². The van der Waals surface area contributed by atoms with Gasteiger partial charge in [-0.15, -0.1) is 0 Å². The molecule has 0 aliphatic heterocycles. The molecule has 0 fully saturated rings. The average Bonchev–Trinajstić information content (AvgIpc) is 2.41. The molecule has 0 saturated heterocycles. The van der Waals surface area contributed by atoms with Gasteiger partial charge in [0.1, 0.15) is 5.82 Å². The summed E-state index contributed by atoms with van der Waals surface area (Å²) in [5, 5.41) is 2.76. The predicted octanol–water partition coefficient (Wildman–Crippen LogP) is 1.81. The number of carbonyl (C=O) groups is 1. The Morgan fingerprint density at radius 3 is 2.68 bits per heavy atom. The molecule has 1 atom stereocenters. The van der Waals surface area contributed by atoms with E-state index in [0.29, 0.717) is 5.82 Å². The number of amides is 1. The van der Waals surface area contributed by atoms with Crippen molar-refractivity contribution < 1.29 is 4.79 Å². The van der Waals surface area contributed by atoms with Gasteiger partial charge in [0.15, 0.2) is 0 Å². The number of nitrogens with one attached hydrogen (secondary N) is 1. The molecule has 19 heavy (non-hydrogen) atoms. The van der Waals surface area contributed by atoms with Gasteiger partial charge in [-0.2, -0.15) is 0 Å². The van der Waals surface area contributed by atoms with E-state index in [-0.39, 0.29) is 17.7 Å². The summed E-state index contributed by atoms with van der Waals surface area (Å²) in [5.41, 5.74) is 6.53. The highest BCUT2D eigenvalue weighted by Crippen LogP contribution is 2.16. The Hall–Kier alpha value is -1.98. The van der Waals surface area contributed by atoms with Crippen LogP contribution in [0.1, 0.15) is 11.5 Å². The SMILES string of the molecule is NCC(C(=O)Nc1ccnc(Cl)n1)c1ccccc1. The number of nitrogens with two attached hydrogens (primary N) is 1. The number of rotatable bonds is 4. The van der Waals surface area contributed by atoms with E-state index < -0.39 is 5.92 Å². The standard InChI is InChI=1S/C13H13ClN4O/c14-13-16-7-6-11(18-13)17-12(19)10(8-15)9-4-2-1-3-5-9/h1-7,10H,8,15H2,(H,16,17,18,19). The Labute approximate surface area is 115 Å². The summed E-state index contributed by atoms with van der Waals surface area (Å²) in [6.07, 6.45) is 1.48. The smallest absolute Gasteiger partial charge is 0.234 e. The molecule has 0 saturated carbocycles. The maximum Gasteiger partial charge on any atom is 0.234 e. The van der Waals surface area contributed by atoms with Crippen molar-refractivity contribution in [1.29, 1.82) is 0 Å². The zero-order valence-electron chi connectivity index (χ0n) is 10.1. The third kappa shape index (κ3) is 3.49. The van der Waals surface area contributed by atoms with E-state index in [0.717, 1.165) is 5.56 Å². The van der Waals surface area contributed by atoms with Crippen molar-refractivity contribution in [3.63, 3.8) is 0 Å². The summed E-state index contributed by atoms with van der Waals surface area (Å²) in [5.74, 6) is -0.280. The minimum Gasteiger partial charge on any atom is -0.329 e. The highest BCUT2D eigenvalue weighted by atomic mass is 35.5. The molecule has 0 aliphatic carbocycles. The number of hydrogen-bond acceptors (Lipinski definition) is 4. The molecule has 0 aliphatic rings. The molecular formula is C13H13ClN4O. The van der Waals surface area contributed by atoms with Gasteiger partial charge in [-0.05, 0) is 23.2 Å². The van der Waals surface area contributed by atoms with Gasteiger partial charge in [-0.3, -0.25) is 4.79 Å². The van der Waals surface area contributed by atoms with E-state index in [2.05, 4.69) is 15.3 Å². The molecule has 1 amide bonds. The first-order valence-electron chi connectivity index (χ1n) is 5.75. The number of benzene rings is 1. The van der Waals surface area contributed by atoms with E-state index in [1.165, 1.54) is 6.20 Å². The quantitative estimate of drug-likeness (QED) is 0.835. The highest BCUT2D eigenvalue weighted by Gasteiger charge is 2.19. The molecule has 0 spiro atoms. The van der Waals surface area contributed by atoms with Crippen LogP contribution in [-0.4, -0.2) is 22.4 Å². The van der Waals surface area contributed by atoms with Gasteiger partial charge in [-0.1, -0.05) is 30.3 Å². The number of anilines is 1. The zero-order valence-corrected chi connectivity index (χ0v) is 10.8. The van der Waals surface area contributed by atoms with Gasteiger partial charge in [0.05, 0.1) is 5.92 Å². The first kappa shape index (κ1) is 13.5. The summed E-state index contributed by atoms with van der Waals surface area (Å²) in [4.78, 5) is 19.8. The number of aromatic nitrogens is 2. The molecule has 1 unspecified atom stereocenters. The highest BCUT2D eigenvalue weighted by molar-refractivity contribution is 6.28. The molecule has 0 radical (unpaired) electrons. The van der Waals surface area contributed by atoms with Crippen LogP contribution in [0.3, 0.4) is 0 Å². The lowest BCUT2D eigenvalue weighted by Crippen LogP contribution is -2.27. The first-order valence-corrected chi connectivity index (χ1v) is 6.13. The van der Waals surface area contributed by atoms with E-state index in [1.807, 2.05) is 30.3 Å². The fraction of sp³-hybridized carbons (Fsp3) is 0.154. The lowest BCUT2D eigenvalue weighted by Gasteiger charge is -2.14. The molecule has 1 heterocycles. The van der Waals surface area contributed by atoms with Crippen LogP contribution >= 0.6 is 11.6 Å². The number of carbonyl (C=O) groups excluding carboxylic acids is 1. The lowest BCUT2D eigenvalue weighted by molar-refractivity contribution is -0.117. The van der Waals surface area contributed by atoms with Crippen LogP contribution in [0.2, 0.25) is 5.28 Å². The molecule has 0 bridgehead atoms. The minimum atomic E-state index is -0.421. The largest absolute Gasteiger partial charge is 0.329 e. The second-order valence-electron chi connectivity index (χ2n) is 3.90. The van der Waals surface area contributed by atoms with E-state index in [9.17, 15) is 4.79 Å². The Morgan fingerprint density at radius 1 is 1.32 bits per heavy atom. The van der Waals surface area contributed by atoms with E-state index in [4.69, 9.17) is 17.3 Å². The molecule has 98 valence electrons. The van der Waals surface area contributed by atoms with Gasteiger partial charge in [0.2, 0.25) is 11.2 Å². The van der Waals surface area contributed by atoms with E-state index >= 15 is 0 Å². The molecule has 1 aromatic heterocycles. The van der Waals surface area contributed by atoms with Crippen molar-refractivity contribution in [2.24, 2.45) is 5.73 Å². The maximum absolute atomic E-state index is 12.2. The topological polar surface area (TPSA) is 80.9 Å². The Bertz CT molecular complexity index is 562. The molecule has 1 aromatic carbocycles. The molecular weight excluding hydrogens is 264 g/mol. The van der Waals surface area contributed by atoms with Crippen LogP contribution in [0.5, 0.6) is 0 Å². The number of nitrogens with zero attached hydrogens (tertiary/aromatic N) is 2. The maximum atomic E-state index is 12.2. The Balaban J connectivity index is 2.14. The molecule has 6 heteroatoms. The van der Waals surface area contributed by atoms with Crippen LogP contribution in [-0.2, 0) is 4.79 Å².